The first-order valence-electron chi connectivity index (χ1n) is 8.72. The van der Waals surface area contributed by atoms with E-state index in [-0.39, 0.29) is 17.2 Å². The number of halogens is 2. The van der Waals surface area contributed by atoms with Gasteiger partial charge in [0.15, 0.2) is 5.16 Å². The van der Waals surface area contributed by atoms with Crippen LogP contribution in [0.15, 0.2) is 29.7 Å². The minimum absolute atomic E-state index is 0.0726. The van der Waals surface area contributed by atoms with Crippen molar-refractivity contribution in [2.75, 3.05) is 0 Å². The van der Waals surface area contributed by atoms with Crippen molar-refractivity contribution in [2.45, 2.75) is 63.0 Å². The number of rotatable bonds is 9. The average molecular weight is 415 g/mol. The van der Waals surface area contributed by atoms with Gasteiger partial charge in [-0.2, -0.15) is 0 Å². The van der Waals surface area contributed by atoms with Gasteiger partial charge in [-0.05, 0) is 38.0 Å². The summed E-state index contributed by atoms with van der Waals surface area (Å²) in [6.45, 7) is 6.80. The maximum absolute atomic E-state index is 12.5. The standard InChI is InChI=1S/C18H24Cl2N4OS/c1-4-5-6-9-24-11-21-23-18(24)26-13(3)17(25)22-12(2)15-8-7-14(19)10-16(15)20/h7-8,10-13H,4-6,9H2,1-3H3,(H,22,25)/t12-,13+/m0/s1. The predicted molar refractivity (Wildman–Crippen MR) is 108 cm³/mol. The van der Waals surface area contributed by atoms with Crippen LogP contribution >= 0.6 is 35.0 Å². The second-order valence-electron chi connectivity index (χ2n) is 6.17. The Hall–Kier alpha value is -1.24. The van der Waals surface area contributed by atoms with Crippen LogP contribution in [0.1, 0.15) is 51.6 Å². The van der Waals surface area contributed by atoms with E-state index in [9.17, 15) is 4.79 Å². The van der Waals surface area contributed by atoms with Crippen molar-refractivity contribution >= 4 is 40.9 Å². The summed E-state index contributed by atoms with van der Waals surface area (Å²) in [5, 5.41) is 12.7. The van der Waals surface area contributed by atoms with Crippen molar-refractivity contribution < 1.29 is 4.79 Å². The van der Waals surface area contributed by atoms with Gasteiger partial charge in [0, 0.05) is 16.6 Å². The lowest BCUT2D eigenvalue weighted by atomic mass is 10.1. The number of nitrogens with zero attached hydrogens (tertiary/aromatic N) is 3. The third kappa shape index (κ3) is 5.89. The number of hydrogen-bond donors (Lipinski definition) is 1. The van der Waals surface area contributed by atoms with Crippen LogP contribution in [0.4, 0.5) is 0 Å². The lowest BCUT2D eigenvalue weighted by molar-refractivity contribution is -0.120. The summed E-state index contributed by atoms with van der Waals surface area (Å²) >= 11 is 13.6. The number of hydrogen-bond acceptors (Lipinski definition) is 4. The van der Waals surface area contributed by atoms with Crippen molar-refractivity contribution in [1.29, 1.82) is 0 Å². The maximum Gasteiger partial charge on any atom is 0.233 e. The van der Waals surface area contributed by atoms with E-state index in [1.807, 2.05) is 24.5 Å². The molecule has 1 aromatic heterocycles. The third-order valence-corrected chi connectivity index (χ3v) is 5.68. The molecule has 0 spiro atoms. The first kappa shape index (κ1) is 21.1. The van der Waals surface area contributed by atoms with Crippen LogP contribution in [-0.2, 0) is 11.3 Å². The quantitative estimate of drug-likeness (QED) is 0.456. The Labute approximate surface area is 168 Å². The zero-order valence-electron chi connectivity index (χ0n) is 15.2. The molecule has 8 heteroatoms. The second-order valence-corrected chi connectivity index (χ2v) is 8.32. The summed E-state index contributed by atoms with van der Waals surface area (Å²) in [6.07, 6.45) is 5.12. The molecule has 0 radical (unpaired) electrons. The van der Waals surface area contributed by atoms with Gasteiger partial charge in [0.2, 0.25) is 5.91 Å². The average Bonchev–Trinajstić information content (AvgIpc) is 3.02. The predicted octanol–water partition coefficient (Wildman–Crippen LogP) is 5.13. The van der Waals surface area contributed by atoms with Gasteiger partial charge in [0.1, 0.15) is 6.33 Å². The molecular formula is C18H24Cl2N4OS. The van der Waals surface area contributed by atoms with Gasteiger partial charge in [-0.1, -0.05) is 60.8 Å². The van der Waals surface area contributed by atoms with Crippen molar-refractivity contribution in [1.82, 2.24) is 20.1 Å². The molecule has 0 saturated heterocycles. The van der Waals surface area contributed by atoms with E-state index < -0.39 is 0 Å². The van der Waals surface area contributed by atoms with E-state index in [1.54, 1.807) is 18.5 Å². The molecule has 0 bridgehead atoms. The lowest BCUT2D eigenvalue weighted by Crippen LogP contribution is -2.33. The Morgan fingerprint density at radius 2 is 2.08 bits per heavy atom. The highest BCUT2D eigenvalue weighted by Gasteiger charge is 2.21. The molecule has 1 N–H and O–H groups in total. The van der Waals surface area contributed by atoms with Crippen LogP contribution in [-0.4, -0.2) is 25.9 Å². The molecule has 26 heavy (non-hydrogen) atoms. The molecule has 0 fully saturated rings. The molecule has 0 saturated carbocycles. The molecule has 0 aliphatic heterocycles. The highest BCUT2D eigenvalue weighted by Crippen LogP contribution is 2.27. The molecule has 142 valence electrons. The number of amides is 1. The number of aromatic nitrogens is 3. The molecule has 0 aliphatic rings. The van der Waals surface area contributed by atoms with Crippen LogP contribution in [0.25, 0.3) is 0 Å². The van der Waals surface area contributed by atoms with Gasteiger partial charge in [0.05, 0.1) is 11.3 Å². The minimum Gasteiger partial charge on any atom is -0.349 e. The van der Waals surface area contributed by atoms with Gasteiger partial charge < -0.3 is 9.88 Å². The van der Waals surface area contributed by atoms with Crippen LogP contribution < -0.4 is 5.32 Å². The number of thioether (sulfide) groups is 1. The first-order valence-corrected chi connectivity index (χ1v) is 10.4. The smallest absolute Gasteiger partial charge is 0.233 e. The fraction of sp³-hybridized carbons (Fsp3) is 0.500. The Morgan fingerprint density at radius 3 is 2.77 bits per heavy atom. The molecule has 0 aliphatic carbocycles. The summed E-state index contributed by atoms with van der Waals surface area (Å²) in [4.78, 5) is 12.5. The largest absolute Gasteiger partial charge is 0.349 e. The Morgan fingerprint density at radius 1 is 1.31 bits per heavy atom. The molecule has 2 aromatic rings. The maximum atomic E-state index is 12.5. The zero-order valence-corrected chi connectivity index (χ0v) is 17.5. The van der Waals surface area contributed by atoms with Crippen LogP contribution in [0.2, 0.25) is 10.0 Å². The first-order chi connectivity index (χ1) is 12.4. The fourth-order valence-electron chi connectivity index (χ4n) is 2.49. The number of unbranched alkanes of at least 4 members (excludes halogenated alkanes) is 2. The van der Waals surface area contributed by atoms with Crippen LogP contribution in [0.5, 0.6) is 0 Å². The van der Waals surface area contributed by atoms with E-state index in [0.29, 0.717) is 10.0 Å². The van der Waals surface area contributed by atoms with Gasteiger partial charge in [0.25, 0.3) is 0 Å². The van der Waals surface area contributed by atoms with Gasteiger partial charge in [-0.25, -0.2) is 0 Å². The summed E-state index contributed by atoms with van der Waals surface area (Å²) in [7, 11) is 0. The van der Waals surface area contributed by atoms with Gasteiger partial charge in [-0.3, -0.25) is 4.79 Å². The summed E-state index contributed by atoms with van der Waals surface area (Å²) < 4.78 is 2.00. The molecule has 1 heterocycles. The number of nitrogens with one attached hydrogen (secondary N) is 1. The Bertz CT molecular complexity index is 738. The van der Waals surface area contributed by atoms with E-state index in [2.05, 4.69) is 22.4 Å². The van der Waals surface area contributed by atoms with Crippen molar-refractivity contribution in [3.05, 3.63) is 40.1 Å². The molecule has 1 amide bonds. The minimum atomic E-state index is -0.294. The van der Waals surface area contributed by atoms with Gasteiger partial charge in [-0.15, -0.1) is 10.2 Å². The summed E-state index contributed by atoms with van der Waals surface area (Å²) in [6, 6.07) is 5.07. The van der Waals surface area contributed by atoms with Crippen molar-refractivity contribution in [2.24, 2.45) is 0 Å². The highest BCUT2D eigenvalue weighted by atomic mass is 35.5. The molecule has 2 rings (SSSR count). The topological polar surface area (TPSA) is 59.8 Å². The Kier molecular flexibility index (Phi) is 8.25. The Balaban J connectivity index is 1.94. The summed E-state index contributed by atoms with van der Waals surface area (Å²) in [5.74, 6) is -0.0726. The molecular weight excluding hydrogens is 391 g/mol. The zero-order chi connectivity index (χ0) is 19.1. The molecule has 5 nitrogen and oxygen atoms in total. The number of carbonyl (C=O) groups excluding carboxylic acids is 1. The van der Waals surface area contributed by atoms with E-state index >= 15 is 0 Å². The monoisotopic (exact) mass is 414 g/mol. The number of benzene rings is 1. The lowest BCUT2D eigenvalue weighted by Gasteiger charge is -2.18. The van der Waals surface area contributed by atoms with E-state index in [4.69, 9.17) is 23.2 Å². The van der Waals surface area contributed by atoms with Crippen LogP contribution in [0, 0.1) is 0 Å². The van der Waals surface area contributed by atoms with Gasteiger partial charge >= 0.3 is 0 Å². The normalized spacial score (nSPS) is 13.4. The number of aryl methyl sites for hydroxylation is 1. The van der Waals surface area contributed by atoms with Crippen molar-refractivity contribution in [3.63, 3.8) is 0 Å². The third-order valence-electron chi connectivity index (χ3n) is 4.02. The fourth-order valence-corrected chi connectivity index (χ4v) is 3.93. The molecule has 2 atom stereocenters. The molecule has 1 aromatic carbocycles. The molecule has 0 unspecified atom stereocenters. The van der Waals surface area contributed by atoms with Crippen LogP contribution in [0.3, 0.4) is 0 Å². The van der Waals surface area contributed by atoms with Crippen molar-refractivity contribution in [3.8, 4) is 0 Å². The summed E-state index contributed by atoms with van der Waals surface area (Å²) in [5.41, 5.74) is 0.837. The second kappa shape index (κ2) is 10.2. The highest BCUT2D eigenvalue weighted by molar-refractivity contribution is 8.00. The van der Waals surface area contributed by atoms with E-state index in [1.165, 1.54) is 11.8 Å². The SMILES string of the molecule is CCCCCn1cnnc1S[C@H](C)C(=O)N[C@@H](C)c1ccc(Cl)cc1Cl. The van der Waals surface area contributed by atoms with E-state index in [0.717, 1.165) is 36.5 Å². The number of carbonyl (C=O) groups is 1.